The van der Waals surface area contributed by atoms with Crippen molar-refractivity contribution in [2.75, 3.05) is 12.4 Å². The van der Waals surface area contributed by atoms with Crippen molar-refractivity contribution in [3.8, 4) is 11.5 Å². The van der Waals surface area contributed by atoms with Crippen LogP contribution in [0.3, 0.4) is 0 Å². The molecule has 0 amide bonds. The Hall–Kier alpha value is -2.74. The maximum atomic E-state index is 5.98. The lowest BCUT2D eigenvalue weighted by molar-refractivity contribution is 0.306. The molecule has 0 unspecified atom stereocenters. The van der Waals surface area contributed by atoms with Crippen LogP contribution in [0, 0.1) is 0 Å². The maximum Gasteiger partial charge on any atom is 0.193 e. The monoisotopic (exact) mass is 489 g/mol. The molecule has 0 heterocycles. The average molecular weight is 489 g/mol. The molecule has 0 aliphatic heterocycles. The number of anilines is 1. The minimum absolute atomic E-state index is 0. The van der Waals surface area contributed by atoms with E-state index in [1.807, 2.05) is 78.9 Å². The van der Waals surface area contributed by atoms with Crippen LogP contribution in [0.25, 0.3) is 0 Å². The van der Waals surface area contributed by atoms with Crippen LogP contribution >= 0.6 is 24.0 Å². The van der Waals surface area contributed by atoms with E-state index in [1.165, 1.54) is 0 Å². The highest BCUT2D eigenvalue weighted by Crippen LogP contribution is 2.22. The van der Waals surface area contributed by atoms with Crippen molar-refractivity contribution in [2.45, 2.75) is 13.2 Å². The number of benzene rings is 3. The number of ether oxygens (including phenoxy) is 2. The van der Waals surface area contributed by atoms with Gasteiger partial charge in [-0.05, 0) is 35.4 Å². The van der Waals surface area contributed by atoms with Crippen LogP contribution in [-0.2, 0) is 13.2 Å². The number of halogens is 1. The molecule has 0 spiro atoms. The summed E-state index contributed by atoms with van der Waals surface area (Å²) in [4.78, 5) is 4.38. The van der Waals surface area contributed by atoms with Gasteiger partial charge in [-0.1, -0.05) is 54.6 Å². The molecule has 0 radical (unpaired) electrons. The molecule has 146 valence electrons. The lowest BCUT2D eigenvalue weighted by Crippen LogP contribution is -2.22. The summed E-state index contributed by atoms with van der Waals surface area (Å²) < 4.78 is 11.1. The highest BCUT2D eigenvalue weighted by Gasteiger charge is 2.02. The molecule has 3 rings (SSSR count). The first kappa shape index (κ1) is 21.6. The summed E-state index contributed by atoms with van der Waals surface area (Å²) in [5, 5.41) is 3.06. The third-order valence-electron chi connectivity index (χ3n) is 3.97. The molecule has 0 saturated carbocycles. The van der Waals surface area contributed by atoms with Crippen molar-refractivity contribution < 1.29 is 9.47 Å². The van der Waals surface area contributed by atoms with E-state index in [4.69, 9.17) is 15.2 Å². The number of nitrogens with one attached hydrogen (secondary N) is 1. The number of nitrogens with zero attached hydrogens (tertiary/aromatic N) is 1. The number of hydrogen-bond donors (Lipinski definition) is 2. The first-order valence-electron chi connectivity index (χ1n) is 8.70. The van der Waals surface area contributed by atoms with Gasteiger partial charge in [0.05, 0.1) is 19.3 Å². The summed E-state index contributed by atoms with van der Waals surface area (Å²) in [5.74, 6) is 1.88. The molecule has 0 fully saturated rings. The number of nitrogens with two attached hydrogens (primary N) is 1. The molecule has 3 aromatic rings. The predicted molar refractivity (Wildman–Crippen MR) is 125 cm³/mol. The highest BCUT2D eigenvalue weighted by atomic mass is 127. The van der Waals surface area contributed by atoms with Gasteiger partial charge >= 0.3 is 0 Å². The SMILES string of the molecule is COc1ccccc1NC(N)=NCc1ccc(OCc2ccccc2)cc1.I. The number of rotatable bonds is 7. The van der Waals surface area contributed by atoms with Gasteiger partial charge in [0.1, 0.15) is 18.1 Å². The van der Waals surface area contributed by atoms with E-state index in [9.17, 15) is 0 Å². The van der Waals surface area contributed by atoms with Gasteiger partial charge in [-0.15, -0.1) is 24.0 Å². The second kappa shape index (κ2) is 11.2. The first-order chi connectivity index (χ1) is 13.2. The highest BCUT2D eigenvalue weighted by molar-refractivity contribution is 14.0. The Kier molecular flexibility index (Phi) is 8.61. The Morgan fingerprint density at radius 3 is 2.29 bits per heavy atom. The molecular formula is C22H24IN3O2. The minimum Gasteiger partial charge on any atom is -0.495 e. The van der Waals surface area contributed by atoms with Gasteiger partial charge in [0, 0.05) is 0 Å². The molecular weight excluding hydrogens is 465 g/mol. The third-order valence-corrected chi connectivity index (χ3v) is 3.97. The van der Waals surface area contributed by atoms with Gasteiger partial charge in [0.2, 0.25) is 0 Å². The van der Waals surface area contributed by atoms with E-state index in [0.717, 1.165) is 28.3 Å². The van der Waals surface area contributed by atoms with E-state index in [0.29, 0.717) is 19.1 Å². The molecule has 0 atom stereocenters. The zero-order chi connectivity index (χ0) is 18.9. The molecule has 28 heavy (non-hydrogen) atoms. The molecule has 0 bridgehead atoms. The largest absolute Gasteiger partial charge is 0.495 e. The summed E-state index contributed by atoms with van der Waals surface area (Å²) in [6.07, 6.45) is 0. The van der Waals surface area contributed by atoms with Gasteiger partial charge in [-0.25, -0.2) is 4.99 Å². The van der Waals surface area contributed by atoms with Crippen LogP contribution in [0.15, 0.2) is 83.9 Å². The van der Waals surface area contributed by atoms with Crippen molar-refractivity contribution >= 4 is 35.6 Å². The Bertz CT molecular complexity index is 884. The van der Waals surface area contributed by atoms with Gasteiger partial charge in [0.25, 0.3) is 0 Å². The van der Waals surface area contributed by atoms with Gasteiger partial charge < -0.3 is 20.5 Å². The van der Waals surface area contributed by atoms with Crippen LogP contribution in [0.2, 0.25) is 0 Å². The minimum atomic E-state index is 0. The van der Waals surface area contributed by atoms with Crippen LogP contribution in [0.5, 0.6) is 11.5 Å². The zero-order valence-electron chi connectivity index (χ0n) is 15.7. The Morgan fingerprint density at radius 2 is 1.57 bits per heavy atom. The van der Waals surface area contributed by atoms with Crippen LogP contribution in [0.1, 0.15) is 11.1 Å². The van der Waals surface area contributed by atoms with E-state index >= 15 is 0 Å². The Balaban J connectivity index is 0.00000280. The standard InChI is InChI=1S/C22H23N3O2.HI/c1-26-21-10-6-5-9-20(21)25-22(23)24-15-17-11-13-19(14-12-17)27-16-18-7-3-2-4-8-18;/h2-14H,15-16H2,1H3,(H3,23,24,25);1H. The van der Waals surface area contributed by atoms with Crippen LogP contribution in [-0.4, -0.2) is 13.1 Å². The van der Waals surface area contributed by atoms with Crippen molar-refractivity contribution in [3.05, 3.63) is 90.0 Å². The number of guanidine groups is 1. The molecule has 0 saturated heterocycles. The van der Waals surface area contributed by atoms with E-state index < -0.39 is 0 Å². The first-order valence-corrected chi connectivity index (χ1v) is 8.70. The number of methoxy groups -OCH3 is 1. The quantitative estimate of drug-likeness (QED) is 0.284. The summed E-state index contributed by atoms with van der Waals surface area (Å²) in [6, 6.07) is 25.5. The normalized spacial score (nSPS) is 10.7. The summed E-state index contributed by atoms with van der Waals surface area (Å²) >= 11 is 0. The summed E-state index contributed by atoms with van der Waals surface area (Å²) in [7, 11) is 1.62. The summed E-state index contributed by atoms with van der Waals surface area (Å²) in [6.45, 7) is 1.03. The van der Waals surface area contributed by atoms with Crippen LogP contribution < -0.4 is 20.5 Å². The smallest absolute Gasteiger partial charge is 0.193 e. The average Bonchev–Trinajstić information content (AvgIpc) is 2.72. The zero-order valence-corrected chi connectivity index (χ0v) is 18.0. The number of hydrogen-bond acceptors (Lipinski definition) is 3. The lowest BCUT2D eigenvalue weighted by atomic mass is 10.2. The Labute approximate surface area is 182 Å². The number of aliphatic imine (C=N–C) groups is 1. The van der Waals surface area contributed by atoms with Gasteiger partial charge in [-0.3, -0.25) is 0 Å². The maximum absolute atomic E-state index is 5.98. The second-order valence-corrected chi connectivity index (χ2v) is 5.94. The van der Waals surface area contributed by atoms with Crippen molar-refractivity contribution in [2.24, 2.45) is 10.7 Å². The fourth-order valence-electron chi connectivity index (χ4n) is 2.53. The molecule has 0 aliphatic rings. The molecule has 6 heteroatoms. The number of para-hydroxylation sites is 2. The third kappa shape index (κ3) is 6.45. The van der Waals surface area contributed by atoms with Crippen LogP contribution in [0.4, 0.5) is 5.69 Å². The summed E-state index contributed by atoms with van der Waals surface area (Å²) in [5.41, 5.74) is 8.95. The molecule has 0 aromatic heterocycles. The van der Waals surface area contributed by atoms with E-state index in [2.05, 4.69) is 10.3 Å². The topological polar surface area (TPSA) is 68.9 Å². The van der Waals surface area contributed by atoms with E-state index in [-0.39, 0.29) is 24.0 Å². The molecule has 0 aliphatic carbocycles. The van der Waals surface area contributed by atoms with Crippen molar-refractivity contribution in [1.29, 1.82) is 0 Å². The van der Waals surface area contributed by atoms with Crippen molar-refractivity contribution in [3.63, 3.8) is 0 Å². The fraction of sp³-hybridized carbons (Fsp3) is 0.136. The fourth-order valence-corrected chi connectivity index (χ4v) is 2.53. The predicted octanol–water partition coefficient (Wildman–Crippen LogP) is 4.82. The van der Waals surface area contributed by atoms with E-state index in [1.54, 1.807) is 7.11 Å². The van der Waals surface area contributed by atoms with Gasteiger partial charge in [-0.2, -0.15) is 0 Å². The lowest BCUT2D eigenvalue weighted by Gasteiger charge is -2.10. The molecule has 3 aromatic carbocycles. The molecule has 3 N–H and O–H groups in total. The van der Waals surface area contributed by atoms with Gasteiger partial charge in [0.15, 0.2) is 5.96 Å². The van der Waals surface area contributed by atoms with Crippen molar-refractivity contribution in [1.82, 2.24) is 0 Å². The Morgan fingerprint density at radius 1 is 0.893 bits per heavy atom. The second-order valence-electron chi connectivity index (χ2n) is 5.94. The molecule has 5 nitrogen and oxygen atoms in total.